The number of pyridine rings is 1. The highest BCUT2D eigenvalue weighted by molar-refractivity contribution is 9.10. The monoisotopic (exact) mass is 378 g/mol. The van der Waals surface area contributed by atoms with Crippen molar-refractivity contribution in [2.24, 2.45) is 5.73 Å². The van der Waals surface area contributed by atoms with Gasteiger partial charge in [-0.15, -0.1) is 12.4 Å². The van der Waals surface area contributed by atoms with Crippen LogP contribution in [0.25, 0.3) is 10.9 Å². The molecule has 2 rings (SSSR count). The van der Waals surface area contributed by atoms with Crippen molar-refractivity contribution in [3.8, 4) is 0 Å². The van der Waals surface area contributed by atoms with Gasteiger partial charge in [0, 0.05) is 22.5 Å². The van der Waals surface area contributed by atoms with Gasteiger partial charge in [0.2, 0.25) is 0 Å². The molecule has 0 fully saturated rings. The Balaban J connectivity index is 0.00000200. The van der Waals surface area contributed by atoms with Crippen molar-refractivity contribution in [3.05, 3.63) is 39.5 Å². The second-order valence-corrected chi connectivity index (χ2v) is 5.32. The number of aromatic nitrogens is 1. The summed E-state index contributed by atoms with van der Waals surface area (Å²) in [6.45, 7) is 0. The van der Waals surface area contributed by atoms with E-state index in [0.717, 1.165) is 20.9 Å². The lowest BCUT2D eigenvalue weighted by Crippen LogP contribution is -2.33. The van der Waals surface area contributed by atoms with Crippen molar-refractivity contribution >= 4 is 56.8 Å². The van der Waals surface area contributed by atoms with Crippen LogP contribution in [0.3, 0.4) is 0 Å². The summed E-state index contributed by atoms with van der Waals surface area (Å²) >= 11 is 9.61. The van der Waals surface area contributed by atoms with Gasteiger partial charge in [-0.1, -0.05) is 33.6 Å². The van der Waals surface area contributed by atoms with Crippen LogP contribution in [0.1, 0.15) is 5.56 Å². The average Bonchev–Trinajstić information content (AvgIpc) is 2.41. The first-order valence-corrected chi connectivity index (χ1v) is 6.76. The van der Waals surface area contributed by atoms with Gasteiger partial charge in [-0.25, -0.2) is 0 Å². The predicted octanol–water partition coefficient (Wildman–Crippen LogP) is 3.12. The summed E-state index contributed by atoms with van der Waals surface area (Å²) in [7, 11) is 1.32. The Kier molecular flexibility index (Phi) is 6.20. The number of nitrogens with two attached hydrogens (primary N) is 1. The summed E-state index contributed by atoms with van der Waals surface area (Å²) in [6, 6.07) is 4.75. The molecule has 2 aromatic rings. The number of esters is 1. The maximum absolute atomic E-state index is 11.4. The molecule has 7 heteroatoms. The minimum Gasteiger partial charge on any atom is -0.468 e. The van der Waals surface area contributed by atoms with Crippen LogP contribution in [0, 0.1) is 0 Å². The van der Waals surface area contributed by atoms with Crippen LogP contribution >= 0.6 is 39.9 Å². The largest absolute Gasteiger partial charge is 0.468 e. The molecule has 4 nitrogen and oxygen atoms in total. The lowest BCUT2D eigenvalue weighted by Gasteiger charge is -2.12. The highest BCUT2D eigenvalue weighted by Gasteiger charge is 2.17. The molecule has 1 aromatic carbocycles. The molecule has 0 amide bonds. The molecule has 0 aliphatic carbocycles. The maximum Gasteiger partial charge on any atom is 0.322 e. The number of hydrogen-bond donors (Lipinski definition) is 1. The number of benzene rings is 1. The van der Waals surface area contributed by atoms with E-state index in [1.807, 2.05) is 12.1 Å². The number of hydrogen-bond acceptors (Lipinski definition) is 4. The summed E-state index contributed by atoms with van der Waals surface area (Å²) in [5, 5.41) is 1.42. The quantitative estimate of drug-likeness (QED) is 0.832. The van der Waals surface area contributed by atoms with Gasteiger partial charge in [-0.3, -0.25) is 9.78 Å². The molecule has 0 bridgehead atoms. The molecule has 0 radical (unpaired) electrons. The van der Waals surface area contributed by atoms with E-state index in [4.69, 9.17) is 17.3 Å². The minimum absolute atomic E-state index is 0. The normalized spacial score (nSPS) is 11.8. The van der Waals surface area contributed by atoms with Gasteiger partial charge < -0.3 is 10.5 Å². The topological polar surface area (TPSA) is 65.2 Å². The highest BCUT2D eigenvalue weighted by atomic mass is 79.9. The summed E-state index contributed by atoms with van der Waals surface area (Å²) in [4.78, 5) is 15.7. The molecule has 108 valence electrons. The Bertz CT molecular complexity index is 629. The van der Waals surface area contributed by atoms with Gasteiger partial charge in [0.1, 0.15) is 6.04 Å². The zero-order valence-electron chi connectivity index (χ0n) is 10.6. The fourth-order valence-electron chi connectivity index (χ4n) is 1.88. The molecule has 20 heavy (non-hydrogen) atoms. The Hall–Kier alpha value is -0.880. The molecule has 0 saturated carbocycles. The van der Waals surface area contributed by atoms with Crippen LogP contribution in [0.4, 0.5) is 0 Å². The molecule has 0 saturated heterocycles. The third-order valence-electron chi connectivity index (χ3n) is 2.82. The zero-order chi connectivity index (χ0) is 14.0. The Labute approximate surface area is 136 Å². The number of carbonyl (C=O) groups is 1. The van der Waals surface area contributed by atoms with Crippen LogP contribution in [-0.2, 0) is 16.0 Å². The van der Waals surface area contributed by atoms with E-state index >= 15 is 0 Å². The first-order valence-electron chi connectivity index (χ1n) is 5.59. The molecule has 1 aromatic heterocycles. The smallest absolute Gasteiger partial charge is 0.322 e. The number of carbonyl (C=O) groups excluding carboxylic acids is 1. The molecular weight excluding hydrogens is 367 g/mol. The molecule has 0 spiro atoms. The summed E-state index contributed by atoms with van der Waals surface area (Å²) in [5.41, 5.74) is 7.38. The molecule has 1 atom stereocenters. The first-order chi connectivity index (χ1) is 9.04. The van der Waals surface area contributed by atoms with Crippen LogP contribution < -0.4 is 5.73 Å². The van der Waals surface area contributed by atoms with Gasteiger partial charge in [0.15, 0.2) is 0 Å². The lowest BCUT2D eigenvalue weighted by molar-refractivity contribution is -0.142. The number of halogens is 3. The third kappa shape index (κ3) is 3.41. The standard InChI is InChI=1S/C13H12BrClN2O2.ClH/c1-19-13(18)10(16)6-7-2-3-8(14)11-9(15)4-5-17-12(7)11;/h2-5,10H,6,16H2,1H3;1H/t10-;/m0./s1. The van der Waals surface area contributed by atoms with E-state index in [2.05, 4.69) is 25.7 Å². The van der Waals surface area contributed by atoms with E-state index in [9.17, 15) is 4.79 Å². The Morgan fingerprint density at radius 3 is 2.85 bits per heavy atom. The molecular formula is C13H13BrCl2N2O2. The van der Waals surface area contributed by atoms with Gasteiger partial charge in [-0.05, 0) is 17.7 Å². The number of fused-ring (bicyclic) bond motifs is 1. The van der Waals surface area contributed by atoms with E-state index in [-0.39, 0.29) is 12.4 Å². The third-order valence-corrected chi connectivity index (χ3v) is 3.79. The lowest BCUT2D eigenvalue weighted by atomic mass is 10.0. The first kappa shape index (κ1) is 17.2. The van der Waals surface area contributed by atoms with E-state index < -0.39 is 12.0 Å². The van der Waals surface area contributed by atoms with Crippen molar-refractivity contribution in [2.45, 2.75) is 12.5 Å². The number of methoxy groups -OCH3 is 1. The Morgan fingerprint density at radius 2 is 2.20 bits per heavy atom. The predicted molar refractivity (Wildman–Crippen MR) is 85.4 cm³/mol. The minimum atomic E-state index is -0.713. The molecule has 1 heterocycles. The van der Waals surface area contributed by atoms with Gasteiger partial charge in [0.05, 0.1) is 17.6 Å². The van der Waals surface area contributed by atoms with Crippen LogP contribution in [0.5, 0.6) is 0 Å². The van der Waals surface area contributed by atoms with E-state index in [1.165, 1.54) is 7.11 Å². The fraction of sp³-hybridized carbons (Fsp3) is 0.231. The van der Waals surface area contributed by atoms with Gasteiger partial charge in [0.25, 0.3) is 0 Å². The van der Waals surface area contributed by atoms with Crippen molar-refractivity contribution in [2.75, 3.05) is 7.11 Å². The molecule has 2 N–H and O–H groups in total. The van der Waals surface area contributed by atoms with Crippen LogP contribution in [0.15, 0.2) is 28.9 Å². The summed E-state index contributed by atoms with van der Waals surface area (Å²) < 4.78 is 5.48. The second kappa shape index (κ2) is 7.22. The number of nitrogens with zero attached hydrogens (tertiary/aromatic N) is 1. The zero-order valence-corrected chi connectivity index (χ0v) is 13.8. The van der Waals surface area contributed by atoms with Crippen molar-refractivity contribution in [1.29, 1.82) is 0 Å². The molecule has 0 aliphatic heterocycles. The van der Waals surface area contributed by atoms with Crippen LogP contribution in [0.2, 0.25) is 5.02 Å². The Morgan fingerprint density at radius 1 is 1.50 bits per heavy atom. The summed E-state index contributed by atoms with van der Waals surface area (Å²) in [5.74, 6) is -0.446. The van der Waals surface area contributed by atoms with Crippen molar-refractivity contribution in [3.63, 3.8) is 0 Å². The van der Waals surface area contributed by atoms with Gasteiger partial charge in [-0.2, -0.15) is 0 Å². The van der Waals surface area contributed by atoms with Crippen LogP contribution in [-0.4, -0.2) is 24.1 Å². The highest BCUT2D eigenvalue weighted by Crippen LogP contribution is 2.31. The van der Waals surface area contributed by atoms with E-state index in [0.29, 0.717) is 11.4 Å². The second-order valence-electron chi connectivity index (χ2n) is 4.06. The molecule has 0 unspecified atom stereocenters. The number of rotatable bonds is 3. The summed E-state index contributed by atoms with van der Waals surface area (Å²) in [6.07, 6.45) is 1.98. The average molecular weight is 380 g/mol. The van der Waals surface area contributed by atoms with Gasteiger partial charge >= 0.3 is 5.97 Å². The van der Waals surface area contributed by atoms with E-state index in [1.54, 1.807) is 12.3 Å². The maximum atomic E-state index is 11.4. The SMILES string of the molecule is COC(=O)[C@@H](N)Cc1ccc(Br)c2c(Cl)ccnc12.Cl. The van der Waals surface area contributed by atoms with Crippen molar-refractivity contribution < 1.29 is 9.53 Å². The van der Waals surface area contributed by atoms with Crippen molar-refractivity contribution in [1.82, 2.24) is 4.98 Å². The molecule has 0 aliphatic rings. The fourth-order valence-corrected chi connectivity index (χ4v) is 2.78. The number of ether oxygens (including phenoxy) is 1.